The molecule has 0 saturated carbocycles. The predicted molar refractivity (Wildman–Crippen MR) is 84.3 cm³/mol. The molecular weight excluding hydrogens is 286 g/mol. The highest BCUT2D eigenvalue weighted by Crippen LogP contribution is 2.18. The first-order valence-electron chi connectivity index (χ1n) is 6.97. The van der Waals surface area contributed by atoms with E-state index in [0.29, 0.717) is 12.2 Å². The van der Waals surface area contributed by atoms with Gasteiger partial charge in [0, 0.05) is 6.04 Å². The summed E-state index contributed by atoms with van der Waals surface area (Å²) in [6.45, 7) is 0. The van der Waals surface area contributed by atoms with Gasteiger partial charge in [0.1, 0.15) is 0 Å². The second kappa shape index (κ2) is 7.88. The van der Waals surface area contributed by atoms with Gasteiger partial charge in [-0.05, 0) is 24.2 Å². The smallest absolute Gasteiger partial charge is 0.310 e. The largest absolute Gasteiger partial charge is 0.481 e. The van der Waals surface area contributed by atoms with E-state index >= 15 is 0 Å². The lowest BCUT2D eigenvalue weighted by atomic mass is 10.1. The molecule has 21 heavy (non-hydrogen) atoms. The number of carboxylic acids is 1. The number of nitrogens with one attached hydrogen (secondary N) is 1. The summed E-state index contributed by atoms with van der Waals surface area (Å²) < 4.78 is 0. The molecule has 1 aliphatic rings. The van der Waals surface area contributed by atoms with Crippen LogP contribution in [0.1, 0.15) is 12.0 Å². The van der Waals surface area contributed by atoms with Gasteiger partial charge in [-0.1, -0.05) is 42.5 Å². The van der Waals surface area contributed by atoms with Crippen LogP contribution in [-0.4, -0.2) is 34.5 Å². The zero-order valence-corrected chi connectivity index (χ0v) is 12.5. The van der Waals surface area contributed by atoms with E-state index < -0.39 is 11.9 Å². The van der Waals surface area contributed by atoms with Crippen LogP contribution in [0.2, 0.25) is 0 Å². The van der Waals surface area contributed by atoms with Crippen molar-refractivity contribution in [2.45, 2.75) is 18.9 Å². The molecule has 112 valence electrons. The number of aryl methyl sites for hydroxylation is 1. The Morgan fingerprint density at radius 1 is 1.24 bits per heavy atom. The molecule has 0 spiro atoms. The third-order valence-electron chi connectivity index (χ3n) is 3.36. The van der Waals surface area contributed by atoms with Crippen LogP contribution in [0.5, 0.6) is 0 Å². The van der Waals surface area contributed by atoms with E-state index in [1.807, 2.05) is 18.2 Å². The molecule has 5 heteroatoms. The monoisotopic (exact) mass is 305 g/mol. The van der Waals surface area contributed by atoms with Gasteiger partial charge in [-0.15, -0.1) is 0 Å². The van der Waals surface area contributed by atoms with Crippen LogP contribution in [0.25, 0.3) is 0 Å². The van der Waals surface area contributed by atoms with Gasteiger partial charge in [0.05, 0.1) is 11.7 Å². The molecule has 2 atom stereocenters. The molecule has 0 radical (unpaired) electrons. The van der Waals surface area contributed by atoms with Gasteiger partial charge in [0.15, 0.2) is 0 Å². The van der Waals surface area contributed by atoms with Crippen molar-refractivity contribution in [2.75, 3.05) is 11.5 Å². The van der Waals surface area contributed by atoms with Crippen molar-refractivity contribution in [3.05, 3.63) is 48.0 Å². The fourth-order valence-corrected chi connectivity index (χ4v) is 3.03. The van der Waals surface area contributed by atoms with E-state index in [4.69, 9.17) is 5.11 Å². The summed E-state index contributed by atoms with van der Waals surface area (Å²) in [5, 5.41) is 11.7. The molecule has 1 amide bonds. The van der Waals surface area contributed by atoms with Crippen LogP contribution in [0, 0.1) is 5.92 Å². The average molecular weight is 305 g/mol. The summed E-state index contributed by atoms with van der Waals surface area (Å²) in [4.78, 5) is 22.6. The minimum atomic E-state index is -0.833. The van der Waals surface area contributed by atoms with Crippen LogP contribution in [-0.2, 0) is 16.0 Å². The van der Waals surface area contributed by atoms with E-state index in [-0.39, 0.29) is 11.9 Å². The number of hydrogen-bond acceptors (Lipinski definition) is 3. The minimum Gasteiger partial charge on any atom is -0.481 e. The maximum absolute atomic E-state index is 11.8. The van der Waals surface area contributed by atoms with E-state index in [0.717, 1.165) is 12.2 Å². The standard InChI is InChI=1S/C16H19NO3S/c18-15(17-14-7-6-13(10-14)16(19)20)11-21-9-8-12-4-2-1-3-5-12/h1-7,13-14H,8-11H2,(H,17,18)(H,19,20). The maximum Gasteiger partial charge on any atom is 0.310 e. The highest BCUT2D eigenvalue weighted by molar-refractivity contribution is 7.99. The molecule has 4 nitrogen and oxygen atoms in total. The molecule has 1 aromatic carbocycles. The van der Waals surface area contributed by atoms with Crippen molar-refractivity contribution in [1.82, 2.24) is 5.32 Å². The molecule has 0 aliphatic heterocycles. The van der Waals surface area contributed by atoms with Crippen LogP contribution < -0.4 is 5.32 Å². The van der Waals surface area contributed by atoms with Crippen molar-refractivity contribution in [2.24, 2.45) is 5.92 Å². The molecule has 0 saturated heterocycles. The number of thioether (sulfide) groups is 1. The molecule has 2 unspecified atom stereocenters. The third kappa shape index (κ3) is 5.27. The summed E-state index contributed by atoms with van der Waals surface area (Å²) in [5.74, 6) is -0.0278. The number of carbonyl (C=O) groups is 2. The van der Waals surface area contributed by atoms with Gasteiger partial charge < -0.3 is 10.4 Å². The lowest BCUT2D eigenvalue weighted by molar-refractivity contribution is -0.140. The summed E-state index contributed by atoms with van der Waals surface area (Å²) in [6.07, 6.45) is 4.82. The third-order valence-corrected chi connectivity index (χ3v) is 4.32. The summed E-state index contributed by atoms with van der Waals surface area (Å²) in [6, 6.07) is 10.0. The number of amides is 1. The molecule has 0 fully saturated rings. The highest BCUT2D eigenvalue weighted by atomic mass is 32.2. The highest BCUT2D eigenvalue weighted by Gasteiger charge is 2.25. The van der Waals surface area contributed by atoms with Crippen LogP contribution in [0.15, 0.2) is 42.5 Å². The lowest BCUT2D eigenvalue weighted by Gasteiger charge is -2.11. The Morgan fingerprint density at radius 3 is 2.67 bits per heavy atom. The van der Waals surface area contributed by atoms with Crippen LogP contribution >= 0.6 is 11.8 Å². The topological polar surface area (TPSA) is 66.4 Å². The molecule has 2 N–H and O–H groups in total. The Bertz CT molecular complexity index is 516. The first kappa shape index (κ1) is 15.6. The predicted octanol–water partition coefficient (Wildman–Crippen LogP) is 2.11. The zero-order chi connectivity index (χ0) is 15.1. The van der Waals surface area contributed by atoms with Crippen molar-refractivity contribution in [1.29, 1.82) is 0 Å². The number of benzene rings is 1. The second-order valence-electron chi connectivity index (χ2n) is 5.03. The van der Waals surface area contributed by atoms with Crippen molar-refractivity contribution in [3.8, 4) is 0 Å². The van der Waals surface area contributed by atoms with Gasteiger partial charge in [-0.2, -0.15) is 11.8 Å². The maximum atomic E-state index is 11.8. The van der Waals surface area contributed by atoms with E-state index in [9.17, 15) is 9.59 Å². The van der Waals surface area contributed by atoms with E-state index in [2.05, 4.69) is 17.4 Å². The van der Waals surface area contributed by atoms with Crippen molar-refractivity contribution < 1.29 is 14.7 Å². The second-order valence-corrected chi connectivity index (χ2v) is 6.13. The van der Waals surface area contributed by atoms with Gasteiger partial charge >= 0.3 is 5.97 Å². The normalized spacial score (nSPS) is 20.4. The fraction of sp³-hybridized carbons (Fsp3) is 0.375. The minimum absolute atomic E-state index is 0.0336. The zero-order valence-electron chi connectivity index (χ0n) is 11.7. The van der Waals surface area contributed by atoms with Crippen molar-refractivity contribution >= 4 is 23.6 Å². The van der Waals surface area contributed by atoms with Gasteiger partial charge in [-0.3, -0.25) is 9.59 Å². The number of hydrogen-bond donors (Lipinski definition) is 2. The quantitative estimate of drug-likeness (QED) is 0.598. The Balaban J connectivity index is 1.60. The number of aliphatic carboxylic acids is 1. The molecule has 1 aromatic rings. The first-order chi connectivity index (χ1) is 10.1. The van der Waals surface area contributed by atoms with Crippen LogP contribution in [0.3, 0.4) is 0 Å². The van der Waals surface area contributed by atoms with Crippen molar-refractivity contribution in [3.63, 3.8) is 0 Å². The SMILES string of the molecule is O=C(CSCCc1ccccc1)NC1C=CC(C(=O)O)C1. The van der Waals surface area contributed by atoms with Crippen LogP contribution in [0.4, 0.5) is 0 Å². The van der Waals surface area contributed by atoms with E-state index in [1.54, 1.807) is 23.9 Å². The average Bonchev–Trinajstić information content (AvgIpc) is 2.93. The van der Waals surface area contributed by atoms with Gasteiger partial charge in [-0.25, -0.2) is 0 Å². The fourth-order valence-electron chi connectivity index (χ4n) is 2.24. The Morgan fingerprint density at radius 2 is 2.00 bits per heavy atom. The first-order valence-corrected chi connectivity index (χ1v) is 8.13. The Kier molecular flexibility index (Phi) is 5.87. The van der Waals surface area contributed by atoms with E-state index in [1.165, 1.54) is 5.56 Å². The Hall–Kier alpha value is -1.75. The van der Waals surface area contributed by atoms with Gasteiger partial charge in [0.25, 0.3) is 0 Å². The molecule has 0 bridgehead atoms. The summed E-state index contributed by atoms with van der Waals surface area (Å²) >= 11 is 1.59. The molecule has 1 aliphatic carbocycles. The number of rotatable bonds is 7. The molecule has 0 heterocycles. The lowest BCUT2D eigenvalue weighted by Crippen LogP contribution is -2.34. The number of carbonyl (C=O) groups excluding carboxylic acids is 1. The molecular formula is C16H19NO3S. The summed E-state index contributed by atoms with van der Waals surface area (Å²) in [7, 11) is 0. The van der Waals surface area contributed by atoms with Gasteiger partial charge in [0.2, 0.25) is 5.91 Å². The number of carboxylic acid groups (broad SMARTS) is 1. The Labute approximate surface area is 128 Å². The molecule has 2 rings (SSSR count). The molecule has 0 aromatic heterocycles. The summed E-state index contributed by atoms with van der Waals surface area (Å²) in [5.41, 5.74) is 1.27.